The molecule has 104 valence electrons. The molecule has 1 unspecified atom stereocenters. The highest BCUT2D eigenvalue weighted by Crippen LogP contribution is 2.21. The number of nitrogens with zero attached hydrogens (tertiary/aromatic N) is 1. The van der Waals surface area contributed by atoms with Gasteiger partial charge in [-0.25, -0.2) is 9.59 Å². The minimum Gasteiger partial charge on any atom is -0.480 e. The normalized spacial score (nSPS) is 22.1. The van der Waals surface area contributed by atoms with Crippen LogP contribution in [0.2, 0.25) is 0 Å². The third kappa shape index (κ3) is 4.40. The Bertz CT molecular complexity index is 299. The highest BCUT2D eigenvalue weighted by molar-refractivity contribution is 7.99. The zero-order valence-electron chi connectivity index (χ0n) is 11.0. The van der Waals surface area contributed by atoms with Gasteiger partial charge in [0.05, 0.1) is 0 Å². The first-order chi connectivity index (χ1) is 8.58. The van der Waals surface area contributed by atoms with Crippen molar-refractivity contribution in [2.24, 2.45) is 0 Å². The predicted molar refractivity (Wildman–Crippen MR) is 73.0 cm³/mol. The van der Waals surface area contributed by atoms with Gasteiger partial charge in [0.1, 0.15) is 6.04 Å². The van der Waals surface area contributed by atoms with Crippen molar-refractivity contribution >= 4 is 23.8 Å². The quantitative estimate of drug-likeness (QED) is 0.820. The van der Waals surface area contributed by atoms with E-state index in [9.17, 15) is 9.59 Å². The minimum atomic E-state index is -0.970. The molecule has 2 atom stereocenters. The van der Waals surface area contributed by atoms with Crippen molar-refractivity contribution in [2.75, 3.05) is 19.3 Å². The number of thioether (sulfide) groups is 1. The van der Waals surface area contributed by atoms with Gasteiger partial charge >= 0.3 is 12.0 Å². The van der Waals surface area contributed by atoms with Crippen LogP contribution in [0.15, 0.2) is 0 Å². The molecule has 1 fully saturated rings. The molecule has 5 nitrogen and oxygen atoms in total. The summed E-state index contributed by atoms with van der Waals surface area (Å²) in [7, 11) is 0. The van der Waals surface area contributed by atoms with E-state index in [2.05, 4.69) is 11.6 Å². The van der Waals surface area contributed by atoms with Gasteiger partial charge in [0.25, 0.3) is 0 Å². The zero-order chi connectivity index (χ0) is 13.5. The summed E-state index contributed by atoms with van der Waals surface area (Å²) in [5.41, 5.74) is 0. The average molecular weight is 274 g/mol. The number of hydrogen-bond acceptors (Lipinski definition) is 3. The van der Waals surface area contributed by atoms with Crippen LogP contribution in [0.3, 0.4) is 0 Å². The molecule has 18 heavy (non-hydrogen) atoms. The van der Waals surface area contributed by atoms with Gasteiger partial charge in [0, 0.05) is 18.3 Å². The van der Waals surface area contributed by atoms with Gasteiger partial charge in [0.2, 0.25) is 0 Å². The summed E-state index contributed by atoms with van der Waals surface area (Å²) in [5.74, 6) is -0.970. The second kappa shape index (κ2) is 7.51. The number of carboxylic acids is 1. The number of hydrogen-bond donors (Lipinski definition) is 2. The molecule has 0 bridgehead atoms. The highest BCUT2D eigenvalue weighted by Gasteiger charge is 2.23. The number of nitrogens with one attached hydrogen (secondary N) is 1. The molecule has 0 radical (unpaired) electrons. The minimum absolute atomic E-state index is 0.244. The Hall–Kier alpha value is -0.910. The van der Waals surface area contributed by atoms with E-state index in [1.54, 1.807) is 11.8 Å². The van der Waals surface area contributed by atoms with Crippen molar-refractivity contribution in [3.8, 4) is 0 Å². The largest absolute Gasteiger partial charge is 0.480 e. The van der Waals surface area contributed by atoms with Crippen LogP contribution in [0, 0.1) is 0 Å². The molecule has 1 saturated heterocycles. The van der Waals surface area contributed by atoms with Crippen LogP contribution in [-0.4, -0.2) is 52.6 Å². The van der Waals surface area contributed by atoms with Crippen LogP contribution in [-0.2, 0) is 4.79 Å². The Morgan fingerprint density at radius 3 is 2.72 bits per heavy atom. The van der Waals surface area contributed by atoms with Crippen molar-refractivity contribution < 1.29 is 14.7 Å². The van der Waals surface area contributed by atoms with Gasteiger partial charge in [-0.15, -0.1) is 0 Å². The van der Waals surface area contributed by atoms with Crippen LogP contribution < -0.4 is 5.32 Å². The van der Waals surface area contributed by atoms with E-state index < -0.39 is 12.0 Å². The highest BCUT2D eigenvalue weighted by atomic mass is 32.2. The molecule has 0 aromatic carbocycles. The second-order valence-corrected chi connectivity index (χ2v) is 5.66. The summed E-state index contributed by atoms with van der Waals surface area (Å²) in [6, 6.07) is -1.02. The fraction of sp³-hybridized carbons (Fsp3) is 0.833. The molecule has 0 aliphatic carbocycles. The number of carbonyl (C=O) groups excluding carboxylic acids is 1. The van der Waals surface area contributed by atoms with E-state index in [4.69, 9.17) is 5.11 Å². The molecule has 1 aliphatic heterocycles. The van der Waals surface area contributed by atoms with Gasteiger partial charge in [0.15, 0.2) is 0 Å². The molecule has 1 aliphatic rings. The molecule has 0 saturated carbocycles. The lowest BCUT2D eigenvalue weighted by Gasteiger charge is -2.23. The number of rotatable bonds is 4. The topological polar surface area (TPSA) is 69.6 Å². The van der Waals surface area contributed by atoms with E-state index in [-0.39, 0.29) is 6.03 Å². The lowest BCUT2D eigenvalue weighted by molar-refractivity contribution is -0.139. The first-order valence-corrected chi connectivity index (χ1v) is 7.68. The molecule has 6 heteroatoms. The Kier molecular flexibility index (Phi) is 6.32. The van der Waals surface area contributed by atoms with Gasteiger partial charge in [-0.3, -0.25) is 0 Å². The van der Waals surface area contributed by atoms with Gasteiger partial charge in [-0.1, -0.05) is 6.92 Å². The number of carbonyl (C=O) groups is 2. The van der Waals surface area contributed by atoms with Gasteiger partial charge < -0.3 is 15.3 Å². The Morgan fingerprint density at radius 2 is 2.17 bits per heavy atom. The van der Waals surface area contributed by atoms with Crippen molar-refractivity contribution in [1.29, 1.82) is 0 Å². The second-order valence-electron chi connectivity index (χ2n) is 4.52. The summed E-state index contributed by atoms with van der Waals surface area (Å²) in [4.78, 5) is 24.6. The lowest BCUT2D eigenvalue weighted by Crippen LogP contribution is -2.48. The Balaban J connectivity index is 2.48. The fourth-order valence-electron chi connectivity index (χ4n) is 2.08. The number of urea groups is 1. The van der Waals surface area contributed by atoms with E-state index in [0.29, 0.717) is 18.2 Å². The van der Waals surface area contributed by atoms with Crippen LogP contribution in [0.5, 0.6) is 0 Å². The lowest BCUT2D eigenvalue weighted by atomic mass is 10.2. The number of aliphatic carboxylic acids is 1. The predicted octanol–water partition coefficient (Wildman–Crippen LogP) is 1.78. The molecule has 1 heterocycles. The van der Waals surface area contributed by atoms with Crippen LogP contribution in [0.4, 0.5) is 4.79 Å². The van der Waals surface area contributed by atoms with Crippen molar-refractivity contribution in [3.05, 3.63) is 0 Å². The van der Waals surface area contributed by atoms with E-state index in [1.165, 1.54) is 0 Å². The molecule has 0 aromatic heterocycles. The SMILES string of the molecule is CC[C@@H](NC(=O)N1CCCC(SC)CC1)C(=O)O. The molecular weight excluding hydrogens is 252 g/mol. The molecule has 0 spiro atoms. The monoisotopic (exact) mass is 274 g/mol. The summed E-state index contributed by atoms with van der Waals surface area (Å²) >= 11 is 1.84. The maximum absolute atomic E-state index is 12.0. The smallest absolute Gasteiger partial charge is 0.326 e. The van der Waals surface area contributed by atoms with Crippen LogP contribution >= 0.6 is 11.8 Å². The molecule has 0 aromatic rings. The fourth-order valence-corrected chi connectivity index (χ4v) is 2.83. The van der Waals surface area contributed by atoms with Crippen molar-refractivity contribution in [1.82, 2.24) is 10.2 Å². The summed E-state index contributed by atoms with van der Waals surface area (Å²) in [6.07, 6.45) is 5.60. The van der Waals surface area contributed by atoms with Crippen LogP contribution in [0.1, 0.15) is 32.6 Å². The van der Waals surface area contributed by atoms with Crippen LogP contribution in [0.25, 0.3) is 0 Å². The molecule has 1 rings (SSSR count). The maximum Gasteiger partial charge on any atom is 0.326 e. The van der Waals surface area contributed by atoms with Gasteiger partial charge in [-0.2, -0.15) is 11.8 Å². The molecular formula is C12H22N2O3S. The summed E-state index contributed by atoms with van der Waals surface area (Å²) in [6.45, 7) is 3.19. The average Bonchev–Trinajstić information content (AvgIpc) is 2.60. The number of likely N-dealkylation sites (tertiary alicyclic amines) is 1. The standard InChI is InChI=1S/C12H22N2O3S/c1-3-10(11(15)16)13-12(17)14-7-4-5-9(18-2)6-8-14/h9-10H,3-8H2,1-2H3,(H,13,17)(H,15,16)/t9?,10-/m1/s1. The third-order valence-electron chi connectivity index (χ3n) is 3.30. The van der Waals surface area contributed by atoms with Crippen molar-refractivity contribution in [3.63, 3.8) is 0 Å². The van der Waals surface area contributed by atoms with E-state index >= 15 is 0 Å². The summed E-state index contributed by atoms with van der Waals surface area (Å²) < 4.78 is 0. The van der Waals surface area contributed by atoms with E-state index in [0.717, 1.165) is 25.8 Å². The Labute approximate surface area is 112 Å². The zero-order valence-corrected chi connectivity index (χ0v) is 11.8. The Morgan fingerprint density at radius 1 is 1.44 bits per heavy atom. The molecule has 2 N–H and O–H groups in total. The first kappa shape index (κ1) is 15.1. The summed E-state index contributed by atoms with van der Waals surface area (Å²) in [5, 5.41) is 12.1. The van der Waals surface area contributed by atoms with Crippen molar-refractivity contribution in [2.45, 2.75) is 43.9 Å². The third-order valence-corrected chi connectivity index (χ3v) is 4.44. The van der Waals surface area contributed by atoms with Gasteiger partial charge in [-0.05, 0) is 31.9 Å². The molecule has 2 amide bonds. The first-order valence-electron chi connectivity index (χ1n) is 6.39. The number of amides is 2. The van der Waals surface area contributed by atoms with E-state index in [1.807, 2.05) is 11.8 Å². The number of carboxylic acid groups (broad SMARTS) is 1. The maximum atomic E-state index is 12.0.